The molecule has 11 heteroatoms. The maximum Gasteiger partial charge on any atom is 0.255 e. The first kappa shape index (κ1) is 19.9. The van der Waals surface area contributed by atoms with Crippen molar-refractivity contribution >= 4 is 17.5 Å². The molecule has 1 amide bonds. The van der Waals surface area contributed by atoms with Crippen molar-refractivity contribution < 1.29 is 19.0 Å². The van der Waals surface area contributed by atoms with Gasteiger partial charge >= 0.3 is 0 Å². The first-order valence-electron chi connectivity index (χ1n) is 10.00. The highest BCUT2D eigenvalue weighted by Crippen LogP contribution is 2.34. The summed E-state index contributed by atoms with van der Waals surface area (Å²) < 4.78 is 17.8. The summed E-state index contributed by atoms with van der Waals surface area (Å²) in [6.07, 6.45) is 2.25. The Morgan fingerprint density at radius 1 is 1.16 bits per heavy atom. The lowest BCUT2D eigenvalue weighted by atomic mass is 10.2. The van der Waals surface area contributed by atoms with Crippen molar-refractivity contribution in [3.8, 4) is 22.9 Å². The van der Waals surface area contributed by atoms with Gasteiger partial charge in [-0.3, -0.25) is 14.2 Å². The van der Waals surface area contributed by atoms with E-state index in [1.165, 1.54) is 17.0 Å². The quantitative estimate of drug-likeness (QED) is 0.633. The summed E-state index contributed by atoms with van der Waals surface area (Å²) in [5.74, 6) is 1.36. The summed E-state index contributed by atoms with van der Waals surface area (Å²) in [5, 5.41) is 2.84. The summed E-state index contributed by atoms with van der Waals surface area (Å²) in [5.41, 5.74) is 1.34. The Balaban J connectivity index is 1.35. The zero-order chi connectivity index (χ0) is 22.1. The molecule has 1 unspecified atom stereocenters. The van der Waals surface area contributed by atoms with Crippen LogP contribution in [0.15, 0.2) is 47.7 Å². The maximum atomic E-state index is 12.8. The minimum Gasteiger partial charge on any atom is -0.454 e. The normalized spacial score (nSPS) is 17.3. The Kier molecular flexibility index (Phi) is 5.15. The largest absolute Gasteiger partial charge is 0.454 e. The van der Waals surface area contributed by atoms with Gasteiger partial charge in [-0.1, -0.05) is 0 Å². The molecule has 0 spiro atoms. The molecule has 164 valence electrons. The van der Waals surface area contributed by atoms with Crippen LogP contribution in [0.1, 0.15) is 0 Å². The third kappa shape index (κ3) is 3.85. The van der Waals surface area contributed by atoms with Crippen molar-refractivity contribution in [2.75, 3.05) is 36.7 Å². The average Bonchev–Trinajstić information content (AvgIpc) is 3.29. The Bertz CT molecular complexity index is 1220. The highest BCUT2D eigenvalue weighted by atomic mass is 16.7. The van der Waals surface area contributed by atoms with Gasteiger partial charge in [0.1, 0.15) is 6.33 Å². The molecule has 1 aromatic carbocycles. The van der Waals surface area contributed by atoms with Crippen molar-refractivity contribution in [1.82, 2.24) is 19.5 Å². The predicted octanol–water partition coefficient (Wildman–Crippen LogP) is 0.810. The summed E-state index contributed by atoms with van der Waals surface area (Å²) in [4.78, 5) is 39.9. The van der Waals surface area contributed by atoms with Crippen LogP contribution in [0.3, 0.4) is 0 Å². The van der Waals surface area contributed by atoms with Crippen LogP contribution >= 0.6 is 0 Å². The number of carbonyl (C=O) groups is 1. The fourth-order valence-corrected chi connectivity index (χ4v) is 3.57. The summed E-state index contributed by atoms with van der Waals surface area (Å²) in [7, 11) is 1.64. The summed E-state index contributed by atoms with van der Waals surface area (Å²) in [6.45, 7) is 1.20. The number of rotatable bonds is 4. The van der Waals surface area contributed by atoms with Gasteiger partial charge in [-0.05, 0) is 18.2 Å². The SMILES string of the molecule is Cn1c(N2CCOC(C(=O)Nc3ccc4c(c3)OCO4)C2)nc(-c2ccncn2)cc1=O. The Hall–Kier alpha value is -3.99. The van der Waals surface area contributed by atoms with E-state index < -0.39 is 6.10 Å². The van der Waals surface area contributed by atoms with Crippen molar-refractivity contribution in [3.05, 3.63) is 53.2 Å². The minimum absolute atomic E-state index is 0.160. The van der Waals surface area contributed by atoms with E-state index in [2.05, 4.69) is 20.3 Å². The van der Waals surface area contributed by atoms with E-state index in [0.29, 0.717) is 47.7 Å². The first-order chi connectivity index (χ1) is 15.6. The molecule has 11 nitrogen and oxygen atoms in total. The smallest absolute Gasteiger partial charge is 0.255 e. The molecule has 3 aromatic rings. The number of morpholine rings is 1. The van der Waals surface area contributed by atoms with Crippen LogP contribution < -0.4 is 25.2 Å². The number of benzene rings is 1. The molecule has 1 N–H and O–H groups in total. The summed E-state index contributed by atoms with van der Waals surface area (Å²) in [6, 6.07) is 8.30. The maximum absolute atomic E-state index is 12.8. The lowest BCUT2D eigenvalue weighted by Crippen LogP contribution is -2.49. The second kappa shape index (κ2) is 8.27. The van der Waals surface area contributed by atoms with Crippen LogP contribution in [-0.4, -0.2) is 58.0 Å². The van der Waals surface area contributed by atoms with Gasteiger partial charge in [-0.15, -0.1) is 0 Å². The van der Waals surface area contributed by atoms with E-state index in [-0.39, 0.29) is 24.8 Å². The minimum atomic E-state index is -0.742. The number of aromatic nitrogens is 4. The lowest BCUT2D eigenvalue weighted by molar-refractivity contribution is -0.128. The standard InChI is InChI=1S/C21H20N6O5/c1-26-19(28)9-15(14-4-5-22-11-23-14)25-21(26)27-6-7-30-18(10-27)20(29)24-13-2-3-16-17(8-13)32-12-31-16/h2-5,8-9,11,18H,6-7,10,12H2,1H3,(H,24,29). The highest BCUT2D eigenvalue weighted by Gasteiger charge is 2.29. The van der Waals surface area contributed by atoms with Gasteiger partial charge in [-0.2, -0.15) is 0 Å². The molecule has 0 bridgehead atoms. The van der Waals surface area contributed by atoms with E-state index in [1.807, 2.05) is 4.90 Å². The second-order valence-electron chi connectivity index (χ2n) is 7.30. The fourth-order valence-electron chi connectivity index (χ4n) is 3.57. The molecule has 0 radical (unpaired) electrons. The van der Waals surface area contributed by atoms with Crippen molar-refractivity contribution in [3.63, 3.8) is 0 Å². The molecule has 2 aliphatic heterocycles. The number of nitrogens with zero attached hydrogens (tertiary/aromatic N) is 5. The zero-order valence-corrected chi connectivity index (χ0v) is 17.2. The molecular weight excluding hydrogens is 416 g/mol. The monoisotopic (exact) mass is 436 g/mol. The molecule has 0 aliphatic carbocycles. The zero-order valence-electron chi connectivity index (χ0n) is 17.2. The lowest BCUT2D eigenvalue weighted by Gasteiger charge is -2.33. The number of fused-ring (bicyclic) bond motifs is 1. The molecular formula is C21H20N6O5. The van der Waals surface area contributed by atoms with Gasteiger partial charge in [0, 0.05) is 37.6 Å². The van der Waals surface area contributed by atoms with E-state index >= 15 is 0 Å². The van der Waals surface area contributed by atoms with E-state index in [9.17, 15) is 9.59 Å². The number of hydrogen-bond donors (Lipinski definition) is 1. The van der Waals surface area contributed by atoms with Crippen molar-refractivity contribution in [1.29, 1.82) is 0 Å². The number of amides is 1. The van der Waals surface area contributed by atoms with Gasteiger partial charge < -0.3 is 24.4 Å². The van der Waals surface area contributed by atoms with Crippen LogP contribution in [0.4, 0.5) is 11.6 Å². The predicted molar refractivity (Wildman–Crippen MR) is 114 cm³/mol. The van der Waals surface area contributed by atoms with Crippen LogP contribution in [-0.2, 0) is 16.6 Å². The molecule has 5 rings (SSSR count). The number of hydrogen-bond acceptors (Lipinski definition) is 9. The molecule has 2 aliphatic rings. The molecule has 1 saturated heterocycles. The van der Waals surface area contributed by atoms with E-state index in [4.69, 9.17) is 14.2 Å². The van der Waals surface area contributed by atoms with Crippen LogP contribution in [0.5, 0.6) is 11.5 Å². The third-order valence-corrected chi connectivity index (χ3v) is 5.24. The average molecular weight is 436 g/mol. The molecule has 2 aromatic heterocycles. The van der Waals surface area contributed by atoms with Crippen LogP contribution in [0.25, 0.3) is 11.4 Å². The van der Waals surface area contributed by atoms with Crippen LogP contribution in [0.2, 0.25) is 0 Å². The molecule has 0 saturated carbocycles. The van der Waals surface area contributed by atoms with E-state index in [1.54, 1.807) is 37.5 Å². The first-order valence-corrected chi connectivity index (χ1v) is 10.00. The van der Waals surface area contributed by atoms with Gasteiger partial charge in [0.15, 0.2) is 17.6 Å². The van der Waals surface area contributed by atoms with Gasteiger partial charge in [-0.25, -0.2) is 15.0 Å². The molecule has 1 atom stereocenters. The van der Waals surface area contributed by atoms with Gasteiger partial charge in [0.2, 0.25) is 12.7 Å². The Morgan fingerprint density at radius 2 is 2.03 bits per heavy atom. The molecule has 4 heterocycles. The van der Waals surface area contributed by atoms with Crippen molar-refractivity contribution in [2.45, 2.75) is 6.10 Å². The Labute approximate surface area is 182 Å². The Morgan fingerprint density at radius 3 is 2.88 bits per heavy atom. The topological polar surface area (TPSA) is 121 Å². The highest BCUT2D eigenvalue weighted by molar-refractivity contribution is 5.95. The number of carbonyl (C=O) groups excluding carboxylic acids is 1. The number of nitrogens with one attached hydrogen (secondary N) is 1. The van der Waals surface area contributed by atoms with E-state index in [0.717, 1.165) is 0 Å². The number of ether oxygens (including phenoxy) is 3. The molecule has 32 heavy (non-hydrogen) atoms. The van der Waals surface area contributed by atoms with Crippen LogP contribution in [0, 0.1) is 0 Å². The van der Waals surface area contributed by atoms with Gasteiger partial charge in [0.25, 0.3) is 11.5 Å². The third-order valence-electron chi connectivity index (χ3n) is 5.24. The second-order valence-corrected chi connectivity index (χ2v) is 7.30. The van der Waals surface area contributed by atoms with Gasteiger partial charge in [0.05, 0.1) is 24.5 Å². The van der Waals surface area contributed by atoms with Crippen molar-refractivity contribution in [2.24, 2.45) is 7.05 Å². The molecule has 1 fully saturated rings. The summed E-state index contributed by atoms with van der Waals surface area (Å²) >= 11 is 0. The number of anilines is 2. The fraction of sp³-hybridized carbons (Fsp3) is 0.286.